The van der Waals surface area contributed by atoms with Gasteiger partial charge in [-0.25, -0.2) is 4.98 Å². The van der Waals surface area contributed by atoms with Crippen molar-refractivity contribution in [1.82, 2.24) is 14.5 Å². The standard InChI is InChI=1S/C28H25N3O3/c1-30-26-20-8-5-4-7-19(20)23(15-22(26)21-9-6-11-29-27(21)30)28(32)31-12-10-17-13-24(33-2)25(34-3)14-18(17)16-31/h4-9,11,13-15H,10,12,16H2,1-3H3. The third kappa shape index (κ3) is 2.95. The predicted octanol–water partition coefficient (Wildman–Crippen LogP) is 5.10. The van der Waals surface area contributed by atoms with Gasteiger partial charge in [0.25, 0.3) is 5.91 Å². The van der Waals surface area contributed by atoms with Crippen molar-refractivity contribution >= 4 is 38.6 Å². The van der Waals surface area contributed by atoms with Crippen molar-refractivity contribution in [1.29, 1.82) is 0 Å². The van der Waals surface area contributed by atoms with E-state index in [1.54, 1.807) is 14.2 Å². The first-order chi connectivity index (χ1) is 16.6. The fourth-order valence-electron chi connectivity index (χ4n) is 5.31. The minimum atomic E-state index is 0.0411. The van der Waals surface area contributed by atoms with Crippen molar-refractivity contribution in [3.05, 3.63) is 77.5 Å². The van der Waals surface area contributed by atoms with E-state index < -0.39 is 0 Å². The van der Waals surface area contributed by atoms with Crippen LogP contribution in [0, 0.1) is 0 Å². The number of ether oxygens (including phenoxy) is 2. The van der Waals surface area contributed by atoms with Crippen LogP contribution in [0.25, 0.3) is 32.7 Å². The topological polar surface area (TPSA) is 56.6 Å². The van der Waals surface area contributed by atoms with Gasteiger partial charge in [0.2, 0.25) is 0 Å². The van der Waals surface area contributed by atoms with E-state index in [1.165, 1.54) is 5.56 Å². The molecule has 0 spiro atoms. The lowest BCUT2D eigenvalue weighted by atomic mass is 9.96. The van der Waals surface area contributed by atoms with Crippen LogP contribution in [0.15, 0.2) is 60.8 Å². The van der Waals surface area contributed by atoms with Crippen molar-refractivity contribution in [2.24, 2.45) is 7.05 Å². The molecule has 0 N–H and O–H groups in total. The Morgan fingerprint density at radius 3 is 2.35 bits per heavy atom. The van der Waals surface area contributed by atoms with Gasteiger partial charge in [-0.1, -0.05) is 24.3 Å². The third-order valence-corrected chi connectivity index (χ3v) is 6.98. The average molecular weight is 452 g/mol. The molecule has 0 saturated heterocycles. The van der Waals surface area contributed by atoms with Crippen molar-refractivity contribution in [2.45, 2.75) is 13.0 Å². The Morgan fingerprint density at radius 1 is 0.882 bits per heavy atom. The van der Waals surface area contributed by atoms with E-state index in [4.69, 9.17) is 9.47 Å². The summed E-state index contributed by atoms with van der Waals surface area (Å²) < 4.78 is 13.1. The second-order valence-electron chi connectivity index (χ2n) is 8.75. The molecule has 0 aliphatic carbocycles. The van der Waals surface area contributed by atoms with E-state index in [9.17, 15) is 4.79 Å². The van der Waals surface area contributed by atoms with Gasteiger partial charge < -0.3 is 18.9 Å². The van der Waals surface area contributed by atoms with Gasteiger partial charge in [-0.15, -0.1) is 0 Å². The van der Waals surface area contributed by atoms with Gasteiger partial charge in [0.05, 0.1) is 19.7 Å². The predicted molar refractivity (Wildman–Crippen MR) is 134 cm³/mol. The molecular weight excluding hydrogens is 426 g/mol. The Hall–Kier alpha value is -4.06. The first kappa shape index (κ1) is 20.5. The molecule has 2 aromatic heterocycles. The van der Waals surface area contributed by atoms with Crippen molar-refractivity contribution in [2.75, 3.05) is 20.8 Å². The van der Waals surface area contributed by atoms with Crippen molar-refractivity contribution in [3.63, 3.8) is 0 Å². The van der Waals surface area contributed by atoms with E-state index in [0.29, 0.717) is 18.8 Å². The number of hydrogen-bond acceptors (Lipinski definition) is 4. The van der Waals surface area contributed by atoms with Crippen LogP contribution in [0.3, 0.4) is 0 Å². The van der Waals surface area contributed by atoms with Gasteiger partial charge in [-0.3, -0.25) is 4.79 Å². The van der Waals surface area contributed by atoms with Crippen LogP contribution in [-0.2, 0) is 20.0 Å². The number of carbonyl (C=O) groups excluding carboxylic acids is 1. The van der Waals surface area contributed by atoms with E-state index in [2.05, 4.69) is 21.7 Å². The van der Waals surface area contributed by atoms with Crippen LogP contribution in [0.4, 0.5) is 0 Å². The third-order valence-electron chi connectivity index (χ3n) is 6.98. The smallest absolute Gasteiger partial charge is 0.254 e. The molecule has 34 heavy (non-hydrogen) atoms. The summed E-state index contributed by atoms with van der Waals surface area (Å²) in [5, 5.41) is 4.13. The molecule has 0 fully saturated rings. The molecule has 1 aliphatic rings. The number of benzene rings is 3. The highest BCUT2D eigenvalue weighted by Gasteiger charge is 2.26. The fraction of sp³-hybridized carbons (Fsp3) is 0.214. The number of amides is 1. The van der Waals surface area contributed by atoms with Gasteiger partial charge in [-0.2, -0.15) is 0 Å². The van der Waals surface area contributed by atoms with Crippen LogP contribution in [0.2, 0.25) is 0 Å². The molecule has 170 valence electrons. The minimum absolute atomic E-state index is 0.0411. The Kier molecular flexibility index (Phi) is 4.69. The lowest BCUT2D eigenvalue weighted by Crippen LogP contribution is -2.36. The maximum atomic E-state index is 13.9. The highest BCUT2D eigenvalue weighted by atomic mass is 16.5. The number of pyridine rings is 1. The molecule has 6 nitrogen and oxygen atoms in total. The number of aryl methyl sites for hydroxylation is 1. The molecule has 0 radical (unpaired) electrons. The van der Waals surface area contributed by atoms with E-state index >= 15 is 0 Å². The number of rotatable bonds is 3. The summed E-state index contributed by atoms with van der Waals surface area (Å²) in [5.41, 5.74) is 5.03. The Morgan fingerprint density at radius 2 is 1.59 bits per heavy atom. The molecule has 6 heteroatoms. The van der Waals surface area contributed by atoms with E-state index in [1.807, 2.05) is 60.6 Å². The number of fused-ring (bicyclic) bond motifs is 6. The molecule has 0 atom stereocenters. The molecule has 3 aromatic carbocycles. The number of methoxy groups -OCH3 is 2. The summed E-state index contributed by atoms with van der Waals surface area (Å²) in [6, 6.07) is 18.2. The average Bonchev–Trinajstić information content (AvgIpc) is 3.18. The zero-order valence-corrected chi connectivity index (χ0v) is 19.5. The molecule has 5 aromatic rings. The van der Waals surface area contributed by atoms with Crippen LogP contribution >= 0.6 is 0 Å². The summed E-state index contributed by atoms with van der Waals surface area (Å²) in [5.74, 6) is 1.45. The van der Waals surface area contributed by atoms with E-state index in [-0.39, 0.29) is 5.91 Å². The molecule has 0 saturated carbocycles. The second kappa shape index (κ2) is 7.76. The van der Waals surface area contributed by atoms with Crippen molar-refractivity contribution < 1.29 is 14.3 Å². The van der Waals surface area contributed by atoms with Gasteiger partial charge in [0.1, 0.15) is 5.65 Å². The molecule has 0 unspecified atom stereocenters. The van der Waals surface area contributed by atoms with Gasteiger partial charge in [0.15, 0.2) is 11.5 Å². The lowest BCUT2D eigenvalue weighted by molar-refractivity contribution is 0.0736. The largest absolute Gasteiger partial charge is 0.493 e. The lowest BCUT2D eigenvalue weighted by Gasteiger charge is -2.30. The van der Waals surface area contributed by atoms with E-state index in [0.717, 1.165) is 56.0 Å². The normalized spacial score (nSPS) is 13.4. The van der Waals surface area contributed by atoms with Gasteiger partial charge >= 0.3 is 0 Å². The highest BCUT2D eigenvalue weighted by Crippen LogP contribution is 2.37. The van der Waals surface area contributed by atoms with Crippen LogP contribution in [0.5, 0.6) is 11.5 Å². The first-order valence-electron chi connectivity index (χ1n) is 11.4. The number of aromatic nitrogens is 2. The molecule has 6 rings (SSSR count). The molecule has 0 bridgehead atoms. The van der Waals surface area contributed by atoms with Crippen molar-refractivity contribution in [3.8, 4) is 11.5 Å². The van der Waals surface area contributed by atoms with Crippen LogP contribution in [0.1, 0.15) is 21.5 Å². The molecule has 1 amide bonds. The number of hydrogen-bond donors (Lipinski definition) is 0. The maximum Gasteiger partial charge on any atom is 0.254 e. The summed E-state index contributed by atoms with van der Waals surface area (Å²) >= 11 is 0. The minimum Gasteiger partial charge on any atom is -0.493 e. The fourth-order valence-corrected chi connectivity index (χ4v) is 5.31. The van der Waals surface area contributed by atoms with Crippen LogP contribution < -0.4 is 9.47 Å². The quantitative estimate of drug-likeness (QED) is 0.383. The Bertz CT molecular complexity index is 1600. The Labute approximate surface area is 197 Å². The maximum absolute atomic E-state index is 13.9. The zero-order valence-electron chi connectivity index (χ0n) is 19.5. The Balaban J connectivity index is 1.49. The first-order valence-corrected chi connectivity index (χ1v) is 11.4. The summed E-state index contributed by atoms with van der Waals surface area (Å²) in [6.07, 6.45) is 2.59. The monoisotopic (exact) mass is 451 g/mol. The summed E-state index contributed by atoms with van der Waals surface area (Å²) in [6.45, 7) is 1.20. The summed E-state index contributed by atoms with van der Waals surface area (Å²) in [7, 11) is 5.32. The highest BCUT2D eigenvalue weighted by molar-refractivity contribution is 6.22. The van der Waals surface area contributed by atoms with Gasteiger partial charge in [-0.05, 0) is 53.3 Å². The van der Waals surface area contributed by atoms with Gasteiger partial charge in [0, 0.05) is 48.1 Å². The molecular formula is C28H25N3O3. The molecule has 3 heterocycles. The van der Waals surface area contributed by atoms with Crippen LogP contribution in [-0.4, -0.2) is 41.1 Å². The summed E-state index contributed by atoms with van der Waals surface area (Å²) in [4.78, 5) is 20.5. The second-order valence-corrected chi connectivity index (χ2v) is 8.75. The SMILES string of the molecule is COc1cc2c(cc1OC)CN(C(=O)c1cc3c4cccnc4n(C)c3c3ccccc13)CC2. The zero-order chi connectivity index (χ0) is 23.4. The number of carbonyl (C=O) groups is 1. The number of nitrogens with zero attached hydrogens (tertiary/aromatic N) is 3. The molecule has 1 aliphatic heterocycles.